The van der Waals surface area contributed by atoms with E-state index >= 15 is 0 Å². The van der Waals surface area contributed by atoms with Gasteiger partial charge in [0, 0.05) is 19.0 Å². The van der Waals surface area contributed by atoms with Gasteiger partial charge in [0.2, 0.25) is 0 Å². The Morgan fingerprint density at radius 1 is 0.619 bits per heavy atom. The third-order valence-corrected chi connectivity index (χ3v) is 6.70. The molecule has 0 saturated carbocycles. The number of fused-ring (bicyclic) bond motifs is 1. The van der Waals surface area contributed by atoms with E-state index in [0.29, 0.717) is 0 Å². The summed E-state index contributed by atoms with van der Waals surface area (Å²) < 4.78 is 29.3. The van der Waals surface area contributed by atoms with E-state index in [0.717, 1.165) is 35.3 Å². The molecule has 106 valence electrons. The molecule has 0 heterocycles. The van der Waals surface area contributed by atoms with Gasteiger partial charge in [-0.05, 0) is 88.4 Å². The molecule has 0 aliphatic rings. The lowest BCUT2D eigenvalue weighted by Crippen LogP contribution is -1.89. The number of halogens is 5. The lowest BCUT2D eigenvalue weighted by atomic mass is 9.98. The van der Waals surface area contributed by atoms with E-state index < -0.39 is 0 Å². The molecule has 3 aromatic carbocycles. The predicted octanol–water partition coefficient (Wildman–Crippen LogP) is 7.07. The molecule has 0 amide bonds. The van der Waals surface area contributed by atoms with Crippen LogP contribution in [0, 0.1) is 11.6 Å². The SMILES string of the molecule is Fc1ccc(-c2c(Br)c(Br)c(Br)c3ccc(F)cc23)cc1. The summed E-state index contributed by atoms with van der Waals surface area (Å²) in [5.41, 5.74) is 1.63. The van der Waals surface area contributed by atoms with E-state index in [1.807, 2.05) is 0 Å². The summed E-state index contributed by atoms with van der Waals surface area (Å²) in [5, 5.41) is 1.63. The van der Waals surface area contributed by atoms with Gasteiger partial charge < -0.3 is 0 Å². The van der Waals surface area contributed by atoms with E-state index in [4.69, 9.17) is 0 Å². The van der Waals surface area contributed by atoms with Crippen LogP contribution in [0.1, 0.15) is 0 Å². The third kappa shape index (κ3) is 2.67. The van der Waals surface area contributed by atoms with Crippen LogP contribution in [0.2, 0.25) is 0 Å². The second kappa shape index (κ2) is 5.78. The highest BCUT2D eigenvalue weighted by Crippen LogP contribution is 2.45. The van der Waals surface area contributed by atoms with Crippen LogP contribution in [0.25, 0.3) is 21.9 Å². The Kier molecular flexibility index (Phi) is 4.17. The molecule has 21 heavy (non-hydrogen) atoms. The summed E-state index contributed by atoms with van der Waals surface area (Å²) in [6.45, 7) is 0. The highest BCUT2D eigenvalue weighted by atomic mass is 79.9. The minimum Gasteiger partial charge on any atom is -0.207 e. The molecule has 0 fully saturated rings. The van der Waals surface area contributed by atoms with Crippen molar-refractivity contribution in [1.29, 1.82) is 0 Å². The molecular formula is C16H7Br3F2. The second-order valence-corrected chi connectivity index (χ2v) is 6.89. The number of rotatable bonds is 1. The molecule has 0 bridgehead atoms. The number of hydrogen-bond donors (Lipinski definition) is 0. The molecule has 0 aliphatic carbocycles. The van der Waals surface area contributed by atoms with Crippen LogP contribution in [-0.4, -0.2) is 0 Å². The zero-order chi connectivity index (χ0) is 15.1. The Labute approximate surface area is 145 Å². The van der Waals surface area contributed by atoms with Gasteiger partial charge in [0.05, 0.1) is 0 Å². The molecule has 0 nitrogen and oxygen atoms in total. The summed E-state index contributed by atoms with van der Waals surface area (Å²) in [6.07, 6.45) is 0. The largest absolute Gasteiger partial charge is 0.207 e. The first-order valence-electron chi connectivity index (χ1n) is 6.00. The molecule has 0 radical (unpaired) electrons. The monoisotopic (exact) mass is 474 g/mol. The van der Waals surface area contributed by atoms with Crippen molar-refractivity contribution in [1.82, 2.24) is 0 Å². The quantitative estimate of drug-likeness (QED) is 0.329. The fraction of sp³-hybridized carbons (Fsp3) is 0. The fourth-order valence-electron chi connectivity index (χ4n) is 2.26. The normalized spacial score (nSPS) is 11.1. The van der Waals surface area contributed by atoms with Crippen molar-refractivity contribution < 1.29 is 8.78 Å². The molecule has 0 aromatic heterocycles. The Morgan fingerprint density at radius 3 is 1.90 bits per heavy atom. The standard InChI is InChI=1S/C16H7Br3F2/c17-14-11-6-5-10(21)7-12(11)13(15(18)16(14)19)8-1-3-9(20)4-2-8/h1-7H. The van der Waals surface area contributed by atoms with Crippen molar-refractivity contribution in [3.63, 3.8) is 0 Å². The van der Waals surface area contributed by atoms with Crippen LogP contribution in [0.15, 0.2) is 55.9 Å². The van der Waals surface area contributed by atoms with Gasteiger partial charge >= 0.3 is 0 Å². The molecule has 5 heteroatoms. The summed E-state index contributed by atoms with van der Waals surface area (Å²) >= 11 is 10.6. The maximum atomic E-state index is 13.7. The summed E-state index contributed by atoms with van der Waals surface area (Å²) in [6, 6.07) is 10.8. The average Bonchev–Trinajstić information content (AvgIpc) is 2.47. The zero-order valence-corrected chi connectivity index (χ0v) is 15.2. The van der Waals surface area contributed by atoms with E-state index in [2.05, 4.69) is 47.8 Å². The lowest BCUT2D eigenvalue weighted by Gasteiger charge is -2.14. The van der Waals surface area contributed by atoms with Gasteiger partial charge in [-0.3, -0.25) is 0 Å². The molecule has 0 spiro atoms. The first kappa shape index (κ1) is 15.1. The Hall–Kier alpha value is -0.780. The van der Waals surface area contributed by atoms with E-state index in [1.54, 1.807) is 18.2 Å². The van der Waals surface area contributed by atoms with Crippen LogP contribution in [0.5, 0.6) is 0 Å². The van der Waals surface area contributed by atoms with Gasteiger partial charge in [0.25, 0.3) is 0 Å². The van der Waals surface area contributed by atoms with E-state index in [9.17, 15) is 8.78 Å². The fourth-order valence-corrected chi connectivity index (χ4v) is 4.12. The maximum absolute atomic E-state index is 13.7. The Morgan fingerprint density at radius 2 is 1.24 bits per heavy atom. The van der Waals surface area contributed by atoms with Crippen molar-refractivity contribution in [2.45, 2.75) is 0 Å². The van der Waals surface area contributed by atoms with Crippen LogP contribution < -0.4 is 0 Å². The van der Waals surface area contributed by atoms with Gasteiger partial charge in [-0.2, -0.15) is 0 Å². The van der Waals surface area contributed by atoms with E-state index in [-0.39, 0.29) is 11.6 Å². The van der Waals surface area contributed by atoms with Crippen molar-refractivity contribution in [3.05, 3.63) is 67.5 Å². The minimum absolute atomic E-state index is 0.304. The molecule has 0 atom stereocenters. The van der Waals surface area contributed by atoms with Crippen LogP contribution in [-0.2, 0) is 0 Å². The highest BCUT2D eigenvalue weighted by Gasteiger charge is 2.17. The second-order valence-electron chi connectivity index (χ2n) is 4.51. The predicted molar refractivity (Wildman–Crippen MR) is 92.4 cm³/mol. The van der Waals surface area contributed by atoms with E-state index in [1.165, 1.54) is 24.3 Å². The number of benzene rings is 3. The first-order valence-corrected chi connectivity index (χ1v) is 8.38. The number of hydrogen-bond acceptors (Lipinski definition) is 0. The van der Waals surface area contributed by atoms with Gasteiger partial charge in [0.15, 0.2) is 0 Å². The minimum atomic E-state index is -0.313. The summed E-state index contributed by atoms with van der Waals surface area (Å²) in [5.74, 6) is -0.617. The van der Waals surface area contributed by atoms with Gasteiger partial charge in [-0.1, -0.05) is 18.2 Å². The van der Waals surface area contributed by atoms with Gasteiger partial charge in [-0.15, -0.1) is 0 Å². The van der Waals surface area contributed by atoms with Crippen LogP contribution in [0.3, 0.4) is 0 Å². The molecular weight excluding hydrogens is 470 g/mol. The smallest absolute Gasteiger partial charge is 0.123 e. The lowest BCUT2D eigenvalue weighted by molar-refractivity contribution is 0.628. The average molecular weight is 477 g/mol. The molecule has 3 rings (SSSR count). The highest BCUT2D eigenvalue weighted by molar-refractivity contribution is 9.14. The topological polar surface area (TPSA) is 0 Å². The summed E-state index contributed by atoms with van der Waals surface area (Å²) in [4.78, 5) is 0. The Balaban J connectivity index is 2.45. The van der Waals surface area contributed by atoms with Crippen LogP contribution in [0.4, 0.5) is 8.78 Å². The third-order valence-electron chi connectivity index (χ3n) is 3.23. The molecule has 0 aliphatic heterocycles. The Bertz CT molecular complexity index is 843. The van der Waals surface area contributed by atoms with Crippen molar-refractivity contribution in [2.75, 3.05) is 0 Å². The molecule has 0 unspecified atom stereocenters. The summed E-state index contributed by atoms with van der Waals surface area (Å²) in [7, 11) is 0. The first-order chi connectivity index (χ1) is 9.99. The molecule has 0 N–H and O–H groups in total. The molecule has 0 saturated heterocycles. The maximum Gasteiger partial charge on any atom is 0.123 e. The molecule has 3 aromatic rings. The van der Waals surface area contributed by atoms with Crippen LogP contribution >= 0.6 is 47.8 Å². The van der Waals surface area contributed by atoms with Gasteiger partial charge in [0.1, 0.15) is 11.6 Å². The van der Waals surface area contributed by atoms with Crippen molar-refractivity contribution >= 4 is 58.6 Å². The van der Waals surface area contributed by atoms with Crippen molar-refractivity contribution in [3.8, 4) is 11.1 Å². The van der Waals surface area contributed by atoms with Gasteiger partial charge in [-0.25, -0.2) is 8.78 Å². The zero-order valence-electron chi connectivity index (χ0n) is 10.4. The van der Waals surface area contributed by atoms with Crippen molar-refractivity contribution in [2.24, 2.45) is 0 Å².